The van der Waals surface area contributed by atoms with Gasteiger partial charge < -0.3 is 5.32 Å². The number of aryl methyl sites for hydroxylation is 3. The van der Waals surface area contributed by atoms with E-state index in [0.29, 0.717) is 5.69 Å². The van der Waals surface area contributed by atoms with Gasteiger partial charge in [-0.05, 0) is 26.7 Å². The van der Waals surface area contributed by atoms with Gasteiger partial charge >= 0.3 is 0 Å². The second kappa shape index (κ2) is 5.48. The molecule has 0 unspecified atom stereocenters. The molecule has 0 saturated heterocycles. The smallest absolute Gasteiger partial charge is 0.277 e. The number of aromatic nitrogens is 4. The van der Waals surface area contributed by atoms with Crippen molar-refractivity contribution in [2.45, 2.75) is 40.5 Å². The van der Waals surface area contributed by atoms with Gasteiger partial charge in [0.1, 0.15) is 5.82 Å². The highest BCUT2D eigenvalue weighted by Gasteiger charge is 2.19. The van der Waals surface area contributed by atoms with E-state index in [0.717, 1.165) is 41.2 Å². The van der Waals surface area contributed by atoms with Crippen LogP contribution in [-0.4, -0.2) is 25.9 Å². The van der Waals surface area contributed by atoms with Gasteiger partial charge in [0.15, 0.2) is 5.69 Å². The maximum absolute atomic E-state index is 12.3. The van der Waals surface area contributed by atoms with Crippen LogP contribution >= 0.6 is 0 Å². The summed E-state index contributed by atoms with van der Waals surface area (Å²) < 4.78 is 1.70. The van der Waals surface area contributed by atoms with Gasteiger partial charge in [-0.3, -0.25) is 14.6 Å². The summed E-state index contributed by atoms with van der Waals surface area (Å²) in [5.74, 6) is 0.527. The van der Waals surface area contributed by atoms with E-state index in [9.17, 15) is 4.79 Å². The van der Waals surface area contributed by atoms with Crippen LogP contribution in [0.5, 0.6) is 0 Å². The lowest BCUT2D eigenvalue weighted by Gasteiger charge is -2.05. The average Bonchev–Trinajstić information content (AvgIpc) is 2.93. The second-order valence-electron chi connectivity index (χ2n) is 4.88. The van der Waals surface area contributed by atoms with E-state index in [4.69, 9.17) is 0 Å². The highest BCUT2D eigenvalue weighted by molar-refractivity contribution is 6.03. The number of rotatable bonds is 4. The number of carbonyl (C=O) groups excluding carboxylic acids is 1. The number of carbonyl (C=O) groups is 1. The van der Waals surface area contributed by atoms with Crippen molar-refractivity contribution in [1.82, 2.24) is 20.0 Å². The van der Waals surface area contributed by atoms with Gasteiger partial charge in [0, 0.05) is 23.9 Å². The quantitative estimate of drug-likeness (QED) is 0.897. The molecule has 0 aliphatic carbocycles. The maximum Gasteiger partial charge on any atom is 0.277 e. The van der Waals surface area contributed by atoms with Crippen molar-refractivity contribution in [1.29, 1.82) is 0 Å². The fraction of sp³-hybridized carbons (Fsp3) is 0.500. The van der Waals surface area contributed by atoms with E-state index in [1.807, 2.05) is 34.7 Å². The monoisotopic (exact) mass is 275 g/mol. The summed E-state index contributed by atoms with van der Waals surface area (Å²) in [5, 5.41) is 14.3. The topological polar surface area (TPSA) is 75.6 Å². The molecule has 2 rings (SSSR count). The zero-order valence-corrected chi connectivity index (χ0v) is 12.7. The Kier molecular flexibility index (Phi) is 3.92. The fourth-order valence-corrected chi connectivity index (χ4v) is 2.36. The Morgan fingerprint density at radius 2 is 1.95 bits per heavy atom. The normalized spacial score (nSPS) is 10.8. The molecule has 0 aliphatic rings. The number of amides is 1. The van der Waals surface area contributed by atoms with Crippen LogP contribution < -0.4 is 5.32 Å². The van der Waals surface area contributed by atoms with Crippen LogP contribution in [0.25, 0.3) is 0 Å². The third-order valence-corrected chi connectivity index (χ3v) is 3.63. The minimum atomic E-state index is -0.202. The molecule has 0 aromatic carbocycles. The lowest BCUT2D eigenvalue weighted by atomic mass is 10.1. The maximum atomic E-state index is 12.3. The zero-order valence-electron chi connectivity index (χ0n) is 12.7. The summed E-state index contributed by atoms with van der Waals surface area (Å²) in [5.41, 5.74) is 4.34. The van der Waals surface area contributed by atoms with Gasteiger partial charge in [-0.15, -0.1) is 0 Å². The first-order valence-corrected chi connectivity index (χ1v) is 6.87. The highest BCUT2D eigenvalue weighted by atomic mass is 16.2. The molecule has 0 bridgehead atoms. The molecule has 20 heavy (non-hydrogen) atoms. The van der Waals surface area contributed by atoms with E-state index in [1.54, 1.807) is 4.68 Å². The van der Waals surface area contributed by atoms with Crippen molar-refractivity contribution in [3.05, 3.63) is 28.2 Å². The Balaban J connectivity index is 2.28. The van der Waals surface area contributed by atoms with Crippen molar-refractivity contribution in [2.75, 3.05) is 5.32 Å². The first-order valence-electron chi connectivity index (χ1n) is 6.87. The van der Waals surface area contributed by atoms with Crippen LogP contribution in [0.3, 0.4) is 0 Å². The summed E-state index contributed by atoms with van der Waals surface area (Å²) in [4.78, 5) is 12.3. The molecule has 0 spiro atoms. The van der Waals surface area contributed by atoms with Crippen molar-refractivity contribution < 1.29 is 4.79 Å². The predicted octanol–water partition coefficient (Wildman–Crippen LogP) is 2.14. The van der Waals surface area contributed by atoms with E-state index in [-0.39, 0.29) is 5.91 Å². The summed E-state index contributed by atoms with van der Waals surface area (Å²) in [6.45, 7) is 7.95. The number of hydrogen-bond acceptors (Lipinski definition) is 3. The molecule has 6 nitrogen and oxygen atoms in total. The SMILES string of the molecule is CCc1nn(C)c(NC(=O)c2n[nH]c(CC)c2C)c1C. The zero-order chi connectivity index (χ0) is 14.9. The van der Waals surface area contributed by atoms with Gasteiger partial charge in [0.05, 0.1) is 5.69 Å². The molecule has 0 aliphatic heterocycles. The summed E-state index contributed by atoms with van der Waals surface area (Å²) >= 11 is 0. The Hall–Kier alpha value is -2.11. The predicted molar refractivity (Wildman–Crippen MR) is 78.0 cm³/mol. The summed E-state index contributed by atoms with van der Waals surface area (Å²) in [6, 6.07) is 0. The molecular weight excluding hydrogens is 254 g/mol. The Morgan fingerprint density at radius 3 is 2.45 bits per heavy atom. The molecule has 6 heteroatoms. The summed E-state index contributed by atoms with van der Waals surface area (Å²) in [7, 11) is 1.83. The summed E-state index contributed by atoms with van der Waals surface area (Å²) in [6.07, 6.45) is 1.67. The Labute approximate surface area is 118 Å². The molecule has 0 atom stereocenters. The molecule has 0 fully saturated rings. The molecular formula is C14H21N5O. The molecule has 2 N–H and O–H groups in total. The number of H-pyrrole nitrogens is 1. The van der Waals surface area contributed by atoms with E-state index >= 15 is 0 Å². The largest absolute Gasteiger partial charge is 0.305 e. The Morgan fingerprint density at radius 1 is 1.25 bits per heavy atom. The number of hydrogen-bond donors (Lipinski definition) is 2. The van der Waals surface area contributed by atoms with Crippen molar-refractivity contribution in [3.8, 4) is 0 Å². The second-order valence-corrected chi connectivity index (χ2v) is 4.88. The molecule has 2 heterocycles. The van der Waals surface area contributed by atoms with Gasteiger partial charge in [-0.25, -0.2) is 0 Å². The third-order valence-electron chi connectivity index (χ3n) is 3.63. The van der Waals surface area contributed by atoms with Crippen LogP contribution in [0.1, 0.15) is 46.9 Å². The molecule has 0 saturated carbocycles. The molecule has 2 aromatic rings. The number of nitrogens with zero attached hydrogens (tertiary/aromatic N) is 3. The Bertz CT molecular complexity index is 638. The standard InChI is InChI=1S/C14H21N5O/c1-6-10-8(3)12(17-16-10)14(20)15-13-9(4)11(7-2)18-19(13)5/h6-7H2,1-5H3,(H,15,20)(H,16,17). The van der Waals surface area contributed by atoms with Crippen LogP contribution in [0.4, 0.5) is 5.82 Å². The van der Waals surface area contributed by atoms with E-state index in [2.05, 4.69) is 20.6 Å². The molecule has 2 aromatic heterocycles. The van der Waals surface area contributed by atoms with E-state index in [1.165, 1.54) is 0 Å². The minimum Gasteiger partial charge on any atom is -0.305 e. The van der Waals surface area contributed by atoms with Crippen LogP contribution in [0, 0.1) is 13.8 Å². The highest BCUT2D eigenvalue weighted by Crippen LogP contribution is 2.20. The first kappa shape index (κ1) is 14.3. The van der Waals surface area contributed by atoms with Crippen molar-refractivity contribution in [3.63, 3.8) is 0 Å². The molecule has 1 amide bonds. The van der Waals surface area contributed by atoms with Crippen LogP contribution in [0.15, 0.2) is 0 Å². The van der Waals surface area contributed by atoms with Gasteiger partial charge in [-0.2, -0.15) is 10.2 Å². The van der Waals surface area contributed by atoms with Crippen molar-refractivity contribution >= 4 is 11.7 Å². The first-order chi connectivity index (χ1) is 9.49. The van der Waals surface area contributed by atoms with Gasteiger partial charge in [0.25, 0.3) is 5.91 Å². The minimum absolute atomic E-state index is 0.202. The number of aromatic amines is 1. The van der Waals surface area contributed by atoms with Crippen LogP contribution in [0.2, 0.25) is 0 Å². The van der Waals surface area contributed by atoms with Crippen molar-refractivity contribution in [2.24, 2.45) is 7.05 Å². The third kappa shape index (κ3) is 2.33. The molecule has 0 radical (unpaired) electrons. The number of anilines is 1. The lowest BCUT2D eigenvalue weighted by molar-refractivity contribution is 0.102. The average molecular weight is 275 g/mol. The molecule has 108 valence electrons. The fourth-order valence-electron chi connectivity index (χ4n) is 2.36. The van der Waals surface area contributed by atoms with E-state index < -0.39 is 0 Å². The van der Waals surface area contributed by atoms with Gasteiger partial charge in [0.2, 0.25) is 0 Å². The van der Waals surface area contributed by atoms with Gasteiger partial charge in [-0.1, -0.05) is 13.8 Å². The number of nitrogens with one attached hydrogen (secondary N) is 2. The lowest BCUT2D eigenvalue weighted by Crippen LogP contribution is -2.16. The van der Waals surface area contributed by atoms with Crippen LogP contribution in [-0.2, 0) is 19.9 Å².